The molecule has 3 rings (SSSR count). The number of benzene rings is 2. The minimum Gasteiger partial charge on any atom is -0.379 e. The van der Waals surface area contributed by atoms with E-state index in [4.69, 9.17) is 0 Å². The minimum absolute atomic E-state index is 0.347. The fourth-order valence-corrected chi connectivity index (χ4v) is 3.19. The number of fused-ring (bicyclic) bond motifs is 1. The predicted molar refractivity (Wildman–Crippen MR) is 91.0 cm³/mol. The first-order valence-corrected chi connectivity index (χ1v) is 8.09. The van der Waals surface area contributed by atoms with Crippen molar-refractivity contribution in [3.8, 4) is 0 Å². The lowest BCUT2D eigenvalue weighted by molar-refractivity contribution is 0.683. The maximum Gasteiger partial charge on any atom is 0.0485 e. The molecule has 110 valence electrons. The molecule has 0 aromatic heterocycles. The number of nitrogens with one attached hydrogen (secondary N) is 1. The van der Waals surface area contributed by atoms with Crippen molar-refractivity contribution < 1.29 is 0 Å². The molecule has 1 aliphatic carbocycles. The molecule has 2 aromatic carbocycles. The van der Waals surface area contributed by atoms with E-state index in [-0.39, 0.29) is 0 Å². The van der Waals surface area contributed by atoms with Gasteiger partial charge in [-0.05, 0) is 86.4 Å². The molecule has 1 atom stereocenters. The van der Waals surface area contributed by atoms with Crippen LogP contribution >= 0.6 is 0 Å². The molecule has 0 saturated carbocycles. The van der Waals surface area contributed by atoms with Gasteiger partial charge in [-0.15, -0.1) is 0 Å². The average molecular weight is 279 g/mol. The zero-order valence-corrected chi connectivity index (χ0v) is 13.4. The molecular weight excluding hydrogens is 254 g/mol. The summed E-state index contributed by atoms with van der Waals surface area (Å²) >= 11 is 0. The van der Waals surface area contributed by atoms with E-state index < -0.39 is 0 Å². The molecule has 0 spiro atoms. The van der Waals surface area contributed by atoms with Gasteiger partial charge in [-0.3, -0.25) is 0 Å². The van der Waals surface area contributed by atoms with E-state index in [1.165, 1.54) is 48.1 Å². The lowest BCUT2D eigenvalue weighted by Crippen LogP contribution is -2.09. The highest BCUT2D eigenvalue weighted by molar-refractivity contribution is 5.50. The fraction of sp³-hybridized carbons (Fsp3) is 0.400. The minimum atomic E-state index is 0.347. The number of hydrogen-bond acceptors (Lipinski definition) is 1. The molecule has 0 radical (unpaired) electrons. The van der Waals surface area contributed by atoms with Crippen molar-refractivity contribution >= 4 is 5.69 Å². The molecule has 0 aliphatic heterocycles. The Morgan fingerprint density at radius 3 is 2.38 bits per heavy atom. The average Bonchev–Trinajstić information content (AvgIpc) is 2.50. The SMILES string of the molecule is Cc1ccc(NC(C)c2ccc3c(c2)CCCC3)cc1C. The Hall–Kier alpha value is -1.76. The van der Waals surface area contributed by atoms with Crippen molar-refractivity contribution in [2.24, 2.45) is 0 Å². The Morgan fingerprint density at radius 2 is 1.62 bits per heavy atom. The van der Waals surface area contributed by atoms with E-state index in [2.05, 4.69) is 62.5 Å². The molecule has 1 aliphatic rings. The van der Waals surface area contributed by atoms with E-state index in [0.29, 0.717) is 6.04 Å². The zero-order chi connectivity index (χ0) is 14.8. The van der Waals surface area contributed by atoms with E-state index in [9.17, 15) is 0 Å². The van der Waals surface area contributed by atoms with Gasteiger partial charge >= 0.3 is 0 Å². The second-order valence-corrected chi connectivity index (χ2v) is 6.40. The highest BCUT2D eigenvalue weighted by Crippen LogP contribution is 2.27. The van der Waals surface area contributed by atoms with Gasteiger partial charge in [0.25, 0.3) is 0 Å². The lowest BCUT2D eigenvalue weighted by Gasteiger charge is -2.21. The van der Waals surface area contributed by atoms with Crippen LogP contribution in [0, 0.1) is 13.8 Å². The third kappa shape index (κ3) is 3.12. The maximum atomic E-state index is 3.63. The molecule has 0 saturated heterocycles. The Bertz CT molecular complexity index is 642. The van der Waals surface area contributed by atoms with E-state index in [1.807, 2.05) is 0 Å². The molecule has 1 unspecified atom stereocenters. The van der Waals surface area contributed by atoms with Crippen molar-refractivity contribution in [2.75, 3.05) is 5.32 Å². The second-order valence-electron chi connectivity index (χ2n) is 6.40. The standard InChI is InChI=1S/C20H25N/c1-14-8-11-20(12-15(14)2)21-16(3)18-10-9-17-6-4-5-7-19(17)13-18/h8-13,16,21H,4-7H2,1-3H3. The van der Waals surface area contributed by atoms with Gasteiger partial charge in [0, 0.05) is 11.7 Å². The van der Waals surface area contributed by atoms with Crippen molar-refractivity contribution in [1.82, 2.24) is 0 Å². The van der Waals surface area contributed by atoms with Crippen LogP contribution < -0.4 is 5.32 Å². The first-order valence-electron chi connectivity index (χ1n) is 8.09. The van der Waals surface area contributed by atoms with Gasteiger partial charge in [-0.2, -0.15) is 0 Å². The normalized spacial score (nSPS) is 15.4. The van der Waals surface area contributed by atoms with Crippen molar-refractivity contribution in [3.63, 3.8) is 0 Å². The van der Waals surface area contributed by atoms with Crippen LogP contribution in [0.3, 0.4) is 0 Å². The van der Waals surface area contributed by atoms with Gasteiger partial charge < -0.3 is 5.32 Å². The molecular formula is C20H25N. The van der Waals surface area contributed by atoms with Crippen LogP contribution in [-0.4, -0.2) is 0 Å². The second kappa shape index (κ2) is 5.93. The van der Waals surface area contributed by atoms with Crippen molar-refractivity contribution in [3.05, 3.63) is 64.2 Å². The first kappa shape index (κ1) is 14.2. The predicted octanol–water partition coefficient (Wildman–Crippen LogP) is 5.36. The summed E-state index contributed by atoms with van der Waals surface area (Å²) in [5.74, 6) is 0. The topological polar surface area (TPSA) is 12.0 Å². The molecule has 2 aromatic rings. The van der Waals surface area contributed by atoms with Crippen LogP contribution in [0.2, 0.25) is 0 Å². The molecule has 0 bridgehead atoms. The Labute approximate surface area is 128 Å². The first-order chi connectivity index (χ1) is 10.1. The number of anilines is 1. The van der Waals surface area contributed by atoms with Crippen LogP contribution in [0.15, 0.2) is 36.4 Å². The lowest BCUT2D eigenvalue weighted by atomic mass is 9.89. The van der Waals surface area contributed by atoms with Crippen LogP contribution in [0.5, 0.6) is 0 Å². The molecule has 0 fully saturated rings. The van der Waals surface area contributed by atoms with Gasteiger partial charge in [-0.25, -0.2) is 0 Å². The van der Waals surface area contributed by atoms with Gasteiger partial charge in [-0.1, -0.05) is 24.3 Å². The number of aryl methyl sites for hydroxylation is 4. The summed E-state index contributed by atoms with van der Waals surface area (Å²) in [6.45, 7) is 6.58. The third-order valence-electron chi connectivity index (χ3n) is 4.76. The summed E-state index contributed by atoms with van der Waals surface area (Å²) in [5.41, 5.74) is 8.42. The van der Waals surface area contributed by atoms with E-state index in [1.54, 1.807) is 11.1 Å². The molecule has 1 N–H and O–H groups in total. The largest absolute Gasteiger partial charge is 0.379 e. The monoisotopic (exact) mass is 279 g/mol. The summed E-state index contributed by atoms with van der Waals surface area (Å²) in [6.07, 6.45) is 5.20. The molecule has 0 heterocycles. The zero-order valence-electron chi connectivity index (χ0n) is 13.4. The summed E-state index contributed by atoms with van der Waals surface area (Å²) in [6, 6.07) is 14.0. The van der Waals surface area contributed by atoms with E-state index >= 15 is 0 Å². The maximum absolute atomic E-state index is 3.63. The third-order valence-corrected chi connectivity index (χ3v) is 4.76. The molecule has 1 nitrogen and oxygen atoms in total. The Balaban J connectivity index is 1.78. The summed E-state index contributed by atoms with van der Waals surface area (Å²) < 4.78 is 0. The van der Waals surface area contributed by atoms with Crippen LogP contribution in [-0.2, 0) is 12.8 Å². The van der Waals surface area contributed by atoms with Crippen LogP contribution in [0.25, 0.3) is 0 Å². The summed E-state index contributed by atoms with van der Waals surface area (Å²) in [5, 5.41) is 3.63. The van der Waals surface area contributed by atoms with Crippen molar-refractivity contribution in [1.29, 1.82) is 0 Å². The molecule has 0 amide bonds. The fourth-order valence-electron chi connectivity index (χ4n) is 3.19. The number of rotatable bonds is 3. The van der Waals surface area contributed by atoms with E-state index in [0.717, 1.165) is 0 Å². The highest BCUT2D eigenvalue weighted by Gasteiger charge is 2.12. The number of hydrogen-bond donors (Lipinski definition) is 1. The highest BCUT2D eigenvalue weighted by atomic mass is 14.9. The smallest absolute Gasteiger partial charge is 0.0485 e. The molecule has 1 heteroatoms. The molecule has 21 heavy (non-hydrogen) atoms. The van der Waals surface area contributed by atoms with Crippen LogP contribution in [0.1, 0.15) is 53.6 Å². The van der Waals surface area contributed by atoms with Gasteiger partial charge in [0.15, 0.2) is 0 Å². The Morgan fingerprint density at radius 1 is 0.857 bits per heavy atom. The summed E-state index contributed by atoms with van der Waals surface area (Å²) in [4.78, 5) is 0. The quantitative estimate of drug-likeness (QED) is 0.798. The summed E-state index contributed by atoms with van der Waals surface area (Å²) in [7, 11) is 0. The van der Waals surface area contributed by atoms with Gasteiger partial charge in [0.1, 0.15) is 0 Å². The van der Waals surface area contributed by atoms with Gasteiger partial charge in [0.2, 0.25) is 0 Å². The Kier molecular flexibility index (Phi) is 4.01. The van der Waals surface area contributed by atoms with Crippen LogP contribution in [0.4, 0.5) is 5.69 Å². The van der Waals surface area contributed by atoms with Gasteiger partial charge in [0.05, 0.1) is 0 Å². The van der Waals surface area contributed by atoms with Crippen molar-refractivity contribution in [2.45, 2.75) is 52.5 Å².